The van der Waals surface area contributed by atoms with E-state index in [0.29, 0.717) is 28.4 Å². The van der Waals surface area contributed by atoms with Crippen LogP contribution in [-0.4, -0.2) is 14.5 Å². The number of hydrogen-bond acceptors (Lipinski definition) is 2. The Morgan fingerprint density at radius 2 is 2.14 bits per heavy atom. The summed E-state index contributed by atoms with van der Waals surface area (Å²) in [6.45, 7) is 4.60. The third kappa shape index (κ3) is 2.47. The molecule has 0 radical (unpaired) electrons. The Labute approximate surface area is 127 Å². The minimum Gasteiger partial charge on any atom is -0.343 e. The van der Waals surface area contributed by atoms with Gasteiger partial charge in [-0.1, -0.05) is 30.7 Å². The van der Waals surface area contributed by atoms with Crippen LogP contribution in [0.3, 0.4) is 0 Å². The van der Waals surface area contributed by atoms with E-state index in [1.165, 1.54) is 0 Å². The third-order valence-electron chi connectivity index (χ3n) is 3.41. The summed E-state index contributed by atoms with van der Waals surface area (Å²) in [4.78, 5) is 20.5. The molecule has 0 unspecified atom stereocenters. The number of halogens is 1. The highest BCUT2D eigenvalue weighted by atomic mass is 35.5. The number of rotatable bonds is 3. The smallest absolute Gasteiger partial charge is 0.263 e. The van der Waals surface area contributed by atoms with Crippen LogP contribution in [0.2, 0.25) is 5.02 Å². The van der Waals surface area contributed by atoms with Gasteiger partial charge >= 0.3 is 0 Å². The van der Waals surface area contributed by atoms with Gasteiger partial charge in [0.1, 0.15) is 11.5 Å². The van der Waals surface area contributed by atoms with Gasteiger partial charge in [0, 0.05) is 22.8 Å². The fraction of sp³-hybridized carbons (Fsp3) is 0.250. The predicted molar refractivity (Wildman–Crippen MR) is 85.8 cm³/mol. The molecule has 108 valence electrons. The van der Waals surface area contributed by atoms with E-state index < -0.39 is 0 Å². The summed E-state index contributed by atoms with van der Waals surface area (Å²) in [5.41, 5.74) is 2.39. The van der Waals surface area contributed by atoms with Crippen LogP contribution in [-0.2, 0) is 6.54 Å². The van der Waals surface area contributed by atoms with E-state index in [0.717, 1.165) is 17.7 Å². The van der Waals surface area contributed by atoms with Crippen molar-refractivity contribution in [2.45, 2.75) is 26.8 Å². The maximum Gasteiger partial charge on any atom is 0.263 e. The molecule has 1 aromatic carbocycles. The van der Waals surface area contributed by atoms with Gasteiger partial charge in [0.05, 0.1) is 5.39 Å². The molecule has 0 saturated heterocycles. The molecule has 21 heavy (non-hydrogen) atoms. The van der Waals surface area contributed by atoms with Crippen LogP contribution in [0.1, 0.15) is 19.0 Å². The summed E-state index contributed by atoms with van der Waals surface area (Å²) >= 11 is 6.06. The molecule has 0 aliphatic carbocycles. The highest BCUT2D eigenvalue weighted by Gasteiger charge is 2.14. The number of H-pyrrole nitrogens is 1. The molecule has 0 saturated carbocycles. The predicted octanol–water partition coefficient (Wildman–Crippen LogP) is 3.76. The molecule has 0 aliphatic rings. The quantitative estimate of drug-likeness (QED) is 0.800. The second kappa shape index (κ2) is 5.37. The second-order valence-corrected chi connectivity index (χ2v) is 5.55. The van der Waals surface area contributed by atoms with Gasteiger partial charge in [-0.25, -0.2) is 4.98 Å². The SMILES string of the molecule is CCCn1c(-c2cccc(Cl)c2)nc2[nH]c(C)cc2c1=O. The third-order valence-corrected chi connectivity index (χ3v) is 3.65. The summed E-state index contributed by atoms with van der Waals surface area (Å²) < 4.78 is 1.72. The summed E-state index contributed by atoms with van der Waals surface area (Å²) in [5.74, 6) is 0.652. The van der Waals surface area contributed by atoms with Crippen molar-refractivity contribution in [2.24, 2.45) is 0 Å². The van der Waals surface area contributed by atoms with Crippen molar-refractivity contribution in [1.29, 1.82) is 0 Å². The zero-order valence-electron chi connectivity index (χ0n) is 12.0. The van der Waals surface area contributed by atoms with E-state index in [1.807, 2.05) is 44.2 Å². The van der Waals surface area contributed by atoms with E-state index in [-0.39, 0.29) is 5.56 Å². The van der Waals surface area contributed by atoms with Gasteiger partial charge in [-0.2, -0.15) is 0 Å². The number of aromatic nitrogens is 3. The number of hydrogen-bond donors (Lipinski definition) is 1. The Morgan fingerprint density at radius 1 is 1.33 bits per heavy atom. The van der Waals surface area contributed by atoms with Gasteiger partial charge in [-0.15, -0.1) is 0 Å². The largest absolute Gasteiger partial charge is 0.343 e. The van der Waals surface area contributed by atoms with Gasteiger partial charge in [0.25, 0.3) is 5.56 Å². The van der Waals surface area contributed by atoms with Crippen molar-refractivity contribution >= 4 is 22.6 Å². The molecule has 0 aliphatic heterocycles. The Hall–Kier alpha value is -2.07. The van der Waals surface area contributed by atoms with Crippen molar-refractivity contribution in [3.63, 3.8) is 0 Å². The van der Waals surface area contributed by atoms with Crippen molar-refractivity contribution in [1.82, 2.24) is 14.5 Å². The van der Waals surface area contributed by atoms with Gasteiger partial charge in [0.2, 0.25) is 0 Å². The molecule has 2 aromatic heterocycles. The van der Waals surface area contributed by atoms with Crippen LogP contribution in [0.4, 0.5) is 0 Å². The molecule has 0 fully saturated rings. The molecule has 0 amide bonds. The first kappa shape index (κ1) is 13.9. The number of aromatic amines is 1. The molecule has 1 N–H and O–H groups in total. The highest BCUT2D eigenvalue weighted by Crippen LogP contribution is 2.22. The van der Waals surface area contributed by atoms with Gasteiger partial charge in [-0.3, -0.25) is 9.36 Å². The summed E-state index contributed by atoms with van der Waals surface area (Å²) in [5, 5.41) is 1.26. The summed E-state index contributed by atoms with van der Waals surface area (Å²) in [7, 11) is 0. The lowest BCUT2D eigenvalue weighted by atomic mass is 10.2. The standard InChI is InChI=1S/C16H16ClN3O/c1-3-7-20-15(11-5-4-6-12(17)9-11)19-14-13(16(20)21)8-10(2)18-14/h4-6,8-9,18H,3,7H2,1-2H3. The normalized spacial score (nSPS) is 11.2. The Balaban J connectivity index is 2.34. The van der Waals surface area contributed by atoms with Crippen LogP contribution in [0.15, 0.2) is 35.1 Å². The second-order valence-electron chi connectivity index (χ2n) is 5.12. The van der Waals surface area contributed by atoms with Crippen LogP contribution in [0.25, 0.3) is 22.4 Å². The number of fused-ring (bicyclic) bond motifs is 1. The molecule has 2 heterocycles. The van der Waals surface area contributed by atoms with Gasteiger partial charge in [0.15, 0.2) is 0 Å². The molecule has 0 spiro atoms. The van der Waals surface area contributed by atoms with E-state index in [1.54, 1.807) is 4.57 Å². The first-order valence-electron chi connectivity index (χ1n) is 6.96. The number of aryl methyl sites for hydroxylation is 1. The topological polar surface area (TPSA) is 50.7 Å². The zero-order valence-corrected chi connectivity index (χ0v) is 12.7. The fourth-order valence-electron chi connectivity index (χ4n) is 2.51. The van der Waals surface area contributed by atoms with Crippen LogP contribution >= 0.6 is 11.6 Å². The maximum absolute atomic E-state index is 12.7. The fourth-order valence-corrected chi connectivity index (χ4v) is 2.70. The minimum absolute atomic E-state index is 0.0128. The van der Waals surface area contributed by atoms with Gasteiger partial charge in [-0.05, 0) is 31.5 Å². The molecular weight excluding hydrogens is 286 g/mol. The Morgan fingerprint density at radius 3 is 2.86 bits per heavy atom. The average Bonchev–Trinajstić information content (AvgIpc) is 2.83. The minimum atomic E-state index is -0.0128. The molecule has 5 heteroatoms. The summed E-state index contributed by atoms with van der Waals surface area (Å²) in [6, 6.07) is 9.27. The molecule has 4 nitrogen and oxygen atoms in total. The van der Waals surface area contributed by atoms with Crippen LogP contribution in [0.5, 0.6) is 0 Å². The molecule has 3 aromatic rings. The maximum atomic E-state index is 12.7. The van der Waals surface area contributed by atoms with Gasteiger partial charge < -0.3 is 4.98 Å². The van der Waals surface area contributed by atoms with Crippen molar-refractivity contribution < 1.29 is 0 Å². The van der Waals surface area contributed by atoms with Crippen molar-refractivity contribution in [3.8, 4) is 11.4 Å². The number of benzene rings is 1. The van der Waals surface area contributed by atoms with Crippen LogP contribution < -0.4 is 5.56 Å². The molecule has 0 bridgehead atoms. The monoisotopic (exact) mass is 301 g/mol. The lowest BCUT2D eigenvalue weighted by molar-refractivity contribution is 0.656. The van der Waals surface area contributed by atoms with E-state index in [9.17, 15) is 4.79 Å². The lowest BCUT2D eigenvalue weighted by Gasteiger charge is -2.11. The molecule has 0 atom stereocenters. The average molecular weight is 302 g/mol. The van der Waals surface area contributed by atoms with Crippen molar-refractivity contribution in [3.05, 3.63) is 51.4 Å². The molecular formula is C16H16ClN3O. The molecule has 3 rings (SSSR count). The Kier molecular flexibility index (Phi) is 3.55. The first-order valence-corrected chi connectivity index (χ1v) is 7.34. The number of nitrogens with zero attached hydrogens (tertiary/aromatic N) is 2. The van der Waals surface area contributed by atoms with E-state index in [2.05, 4.69) is 9.97 Å². The van der Waals surface area contributed by atoms with E-state index in [4.69, 9.17) is 11.6 Å². The summed E-state index contributed by atoms with van der Waals surface area (Å²) in [6.07, 6.45) is 0.865. The first-order chi connectivity index (χ1) is 10.1. The van der Waals surface area contributed by atoms with Crippen LogP contribution in [0, 0.1) is 6.92 Å². The number of nitrogens with one attached hydrogen (secondary N) is 1. The Bertz CT molecular complexity index is 864. The zero-order chi connectivity index (χ0) is 15.0. The van der Waals surface area contributed by atoms with E-state index >= 15 is 0 Å². The van der Waals surface area contributed by atoms with Crippen molar-refractivity contribution in [2.75, 3.05) is 0 Å². The highest BCUT2D eigenvalue weighted by molar-refractivity contribution is 6.30. The lowest BCUT2D eigenvalue weighted by Crippen LogP contribution is -2.23.